The highest BCUT2D eigenvalue weighted by Crippen LogP contribution is 2.26. The summed E-state index contributed by atoms with van der Waals surface area (Å²) in [4.78, 5) is 0. The second-order valence-corrected chi connectivity index (χ2v) is 6.35. The third-order valence-corrected chi connectivity index (χ3v) is 3.96. The van der Waals surface area contributed by atoms with Crippen LogP contribution in [0.4, 0.5) is 0 Å². The maximum Gasteiger partial charge on any atom is 0.0125 e. The van der Waals surface area contributed by atoms with E-state index in [-0.39, 0.29) is 5.54 Å². The van der Waals surface area contributed by atoms with Crippen LogP contribution in [0.1, 0.15) is 72.1 Å². The molecule has 0 amide bonds. The molecule has 1 nitrogen and oxygen atoms in total. The van der Waals surface area contributed by atoms with Crippen LogP contribution in [0.2, 0.25) is 0 Å². The van der Waals surface area contributed by atoms with Crippen LogP contribution < -0.4 is 5.73 Å². The predicted molar refractivity (Wildman–Crippen MR) is 78.2 cm³/mol. The number of halogens is 1. The molecule has 16 heavy (non-hydrogen) atoms. The lowest BCUT2D eigenvalue weighted by molar-refractivity contribution is 0.274. The molecular weight excluding hydrogens is 262 g/mol. The van der Waals surface area contributed by atoms with Crippen molar-refractivity contribution >= 4 is 15.9 Å². The number of hydrogen-bond acceptors (Lipinski definition) is 1. The van der Waals surface area contributed by atoms with Crippen LogP contribution in [0.15, 0.2) is 0 Å². The van der Waals surface area contributed by atoms with Crippen molar-refractivity contribution in [2.45, 2.75) is 77.7 Å². The highest BCUT2D eigenvalue weighted by molar-refractivity contribution is 9.09. The first-order valence-electron chi connectivity index (χ1n) is 6.87. The fourth-order valence-corrected chi connectivity index (χ4v) is 2.53. The van der Waals surface area contributed by atoms with Gasteiger partial charge in [0.15, 0.2) is 0 Å². The third kappa shape index (κ3) is 8.58. The van der Waals surface area contributed by atoms with Crippen molar-refractivity contribution in [1.82, 2.24) is 0 Å². The highest BCUT2D eigenvalue weighted by atomic mass is 79.9. The molecule has 0 heterocycles. The smallest absolute Gasteiger partial charge is 0.0125 e. The highest BCUT2D eigenvalue weighted by Gasteiger charge is 2.23. The second kappa shape index (κ2) is 9.47. The van der Waals surface area contributed by atoms with Gasteiger partial charge >= 0.3 is 0 Å². The first kappa shape index (κ1) is 16.4. The van der Waals surface area contributed by atoms with Crippen LogP contribution in [-0.2, 0) is 0 Å². The van der Waals surface area contributed by atoms with E-state index >= 15 is 0 Å². The quantitative estimate of drug-likeness (QED) is 0.451. The van der Waals surface area contributed by atoms with Crippen molar-refractivity contribution in [3.05, 3.63) is 0 Å². The van der Waals surface area contributed by atoms with Crippen LogP contribution in [0.3, 0.4) is 0 Å². The van der Waals surface area contributed by atoms with Gasteiger partial charge in [-0.15, -0.1) is 0 Å². The maximum atomic E-state index is 6.25. The predicted octanol–water partition coefficient (Wildman–Crippen LogP) is 4.88. The molecule has 0 aliphatic heterocycles. The molecular formula is C14H30BrN. The second-order valence-electron chi connectivity index (χ2n) is 5.55. The number of unbranched alkanes of at least 4 members (excludes halogenated alkanes) is 4. The molecule has 0 radical (unpaired) electrons. The number of nitrogens with two attached hydrogens (primary N) is 1. The summed E-state index contributed by atoms with van der Waals surface area (Å²) < 4.78 is 0. The summed E-state index contributed by atoms with van der Waals surface area (Å²) >= 11 is 3.51. The van der Waals surface area contributed by atoms with E-state index < -0.39 is 0 Å². The molecule has 98 valence electrons. The third-order valence-electron chi connectivity index (χ3n) is 3.39. The van der Waals surface area contributed by atoms with Crippen molar-refractivity contribution < 1.29 is 0 Å². The van der Waals surface area contributed by atoms with Gasteiger partial charge in [0.25, 0.3) is 0 Å². The molecule has 0 aromatic heterocycles. The molecule has 2 N–H and O–H groups in total. The Morgan fingerprint density at radius 1 is 1.00 bits per heavy atom. The number of hydrogen-bond donors (Lipinski definition) is 1. The summed E-state index contributed by atoms with van der Waals surface area (Å²) in [5.41, 5.74) is 6.24. The van der Waals surface area contributed by atoms with Gasteiger partial charge in [-0.2, -0.15) is 0 Å². The van der Waals surface area contributed by atoms with Crippen molar-refractivity contribution in [1.29, 1.82) is 0 Å². The Bertz CT molecular complexity index is 151. The average Bonchev–Trinajstić information content (AvgIpc) is 2.20. The fraction of sp³-hybridized carbons (Fsp3) is 1.00. The van der Waals surface area contributed by atoms with Crippen LogP contribution in [-0.4, -0.2) is 10.9 Å². The van der Waals surface area contributed by atoms with E-state index in [1.54, 1.807) is 0 Å². The molecule has 2 heteroatoms. The van der Waals surface area contributed by atoms with E-state index in [1.165, 1.54) is 51.4 Å². The van der Waals surface area contributed by atoms with E-state index in [2.05, 4.69) is 36.7 Å². The van der Waals surface area contributed by atoms with Gasteiger partial charge in [-0.05, 0) is 39.0 Å². The molecule has 0 aromatic rings. The molecule has 1 atom stereocenters. The van der Waals surface area contributed by atoms with Gasteiger partial charge in [-0.3, -0.25) is 0 Å². The van der Waals surface area contributed by atoms with Gasteiger partial charge in [0, 0.05) is 10.9 Å². The average molecular weight is 292 g/mol. The molecule has 0 aliphatic rings. The molecule has 0 spiro atoms. The van der Waals surface area contributed by atoms with Crippen molar-refractivity contribution in [2.24, 2.45) is 11.7 Å². The lowest BCUT2D eigenvalue weighted by atomic mass is 9.81. The van der Waals surface area contributed by atoms with E-state index in [4.69, 9.17) is 5.73 Å². The summed E-state index contributed by atoms with van der Waals surface area (Å²) in [5.74, 6) is 0.687. The minimum atomic E-state index is -0.00702. The first-order valence-corrected chi connectivity index (χ1v) is 7.99. The summed E-state index contributed by atoms with van der Waals surface area (Å²) in [7, 11) is 0. The molecule has 0 saturated heterocycles. The standard InChI is InChI=1S/C14H30BrN/c1-4-5-6-7-8-10-13(11-9-12-15)14(2,3)16/h13H,4-12,16H2,1-3H3. The zero-order valence-corrected chi connectivity index (χ0v) is 13.0. The van der Waals surface area contributed by atoms with E-state index in [9.17, 15) is 0 Å². The van der Waals surface area contributed by atoms with E-state index in [0.29, 0.717) is 5.92 Å². The lowest BCUT2D eigenvalue weighted by Gasteiger charge is -2.30. The Labute approximate surface area is 111 Å². The van der Waals surface area contributed by atoms with Gasteiger partial charge < -0.3 is 5.73 Å². The molecule has 0 bridgehead atoms. The Kier molecular flexibility index (Phi) is 9.73. The Balaban J connectivity index is 3.75. The zero-order valence-electron chi connectivity index (χ0n) is 11.4. The molecule has 1 unspecified atom stereocenters. The summed E-state index contributed by atoms with van der Waals surface area (Å²) in [6.45, 7) is 6.62. The molecule has 0 fully saturated rings. The van der Waals surface area contributed by atoms with E-state index in [1.807, 2.05) is 0 Å². The van der Waals surface area contributed by atoms with Crippen molar-refractivity contribution in [3.63, 3.8) is 0 Å². The van der Waals surface area contributed by atoms with Gasteiger partial charge in [0.1, 0.15) is 0 Å². The number of rotatable bonds is 10. The SMILES string of the molecule is CCCCCCCC(CCCBr)C(C)(C)N. The molecule has 0 aliphatic carbocycles. The van der Waals surface area contributed by atoms with E-state index in [0.717, 1.165) is 5.33 Å². The summed E-state index contributed by atoms with van der Waals surface area (Å²) in [6.07, 6.45) is 10.7. The first-order chi connectivity index (χ1) is 7.52. The van der Waals surface area contributed by atoms with Crippen molar-refractivity contribution in [2.75, 3.05) is 5.33 Å². The maximum absolute atomic E-state index is 6.25. The topological polar surface area (TPSA) is 26.0 Å². The van der Waals surface area contributed by atoms with Crippen LogP contribution >= 0.6 is 15.9 Å². The normalized spacial score (nSPS) is 14.1. The van der Waals surface area contributed by atoms with Gasteiger partial charge in [-0.1, -0.05) is 55.0 Å². The van der Waals surface area contributed by atoms with Gasteiger partial charge in [0.2, 0.25) is 0 Å². The summed E-state index contributed by atoms with van der Waals surface area (Å²) in [6, 6.07) is 0. The Morgan fingerprint density at radius 3 is 2.06 bits per heavy atom. The van der Waals surface area contributed by atoms with Crippen LogP contribution in [0, 0.1) is 5.92 Å². The fourth-order valence-electron chi connectivity index (χ4n) is 2.21. The number of alkyl halides is 1. The largest absolute Gasteiger partial charge is 0.325 e. The lowest BCUT2D eigenvalue weighted by Crippen LogP contribution is -2.41. The summed E-state index contributed by atoms with van der Waals surface area (Å²) in [5, 5.41) is 1.11. The minimum absolute atomic E-state index is 0.00702. The van der Waals surface area contributed by atoms with Gasteiger partial charge in [-0.25, -0.2) is 0 Å². The molecule has 0 aromatic carbocycles. The van der Waals surface area contributed by atoms with Gasteiger partial charge in [0.05, 0.1) is 0 Å². The monoisotopic (exact) mass is 291 g/mol. The Morgan fingerprint density at radius 2 is 1.56 bits per heavy atom. The van der Waals surface area contributed by atoms with Crippen LogP contribution in [0.5, 0.6) is 0 Å². The minimum Gasteiger partial charge on any atom is -0.325 e. The zero-order chi connectivity index (χ0) is 12.4. The van der Waals surface area contributed by atoms with Crippen molar-refractivity contribution in [3.8, 4) is 0 Å². The van der Waals surface area contributed by atoms with Crippen LogP contribution in [0.25, 0.3) is 0 Å². The molecule has 0 rings (SSSR count). The Hall–Kier alpha value is 0.440. The molecule has 0 saturated carbocycles.